The Labute approximate surface area is 129 Å². The van der Waals surface area contributed by atoms with Crippen LogP contribution in [0, 0.1) is 29.1 Å². The molecule has 4 fully saturated rings. The van der Waals surface area contributed by atoms with Gasteiger partial charge in [-0.15, -0.1) is 0 Å². The summed E-state index contributed by atoms with van der Waals surface area (Å²) in [6.45, 7) is 4.70. The smallest absolute Gasteiger partial charge is 0.230 e. The van der Waals surface area contributed by atoms with Crippen molar-refractivity contribution in [3.8, 4) is 0 Å². The minimum absolute atomic E-state index is 0.312. The van der Waals surface area contributed by atoms with Gasteiger partial charge in [-0.2, -0.15) is 0 Å². The molecule has 120 valence electrons. The molecule has 0 heterocycles. The second kappa shape index (κ2) is 5.57. The van der Waals surface area contributed by atoms with Gasteiger partial charge in [-0.3, -0.25) is 4.79 Å². The molecule has 4 aliphatic rings. The fraction of sp³-hybridized carbons (Fsp3) is 0.944. The van der Waals surface area contributed by atoms with Crippen molar-refractivity contribution in [1.82, 2.24) is 4.90 Å². The zero-order valence-corrected chi connectivity index (χ0v) is 14.0. The summed E-state index contributed by atoms with van der Waals surface area (Å²) in [5, 5.41) is 0. The quantitative estimate of drug-likeness (QED) is 0.846. The molecule has 4 saturated carbocycles. The lowest BCUT2D eigenvalue weighted by Gasteiger charge is -2.57. The first-order chi connectivity index (χ1) is 10.0. The van der Waals surface area contributed by atoms with E-state index in [1.807, 2.05) is 0 Å². The first kappa shape index (κ1) is 15.3. The summed E-state index contributed by atoms with van der Waals surface area (Å²) < 4.78 is 0. The van der Waals surface area contributed by atoms with Gasteiger partial charge < -0.3 is 10.6 Å². The van der Waals surface area contributed by atoms with Crippen LogP contribution in [-0.4, -0.2) is 30.4 Å². The molecule has 3 nitrogen and oxygen atoms in total. The molecule has 0 aliphatic heterocycles. The van der Waals surface area contributed by atoms with Gasteiger partial charge in [-0.25, -0.2) is 0 Å². The number of hydrogen-bond donors (Lipinski definition) is 1. The average molecular weight is 292 g/mol. The normalized spacial score (nSPS) is 37.8. The van der Waals surface area contributed by atoms with Crippen LogP contribution in [0.25, 0.3) is 0 Å². The molecule has 0 saturated heterocycles. The van der Waals surface area contributed by atoms with Crippen molar-refractivity contribution >= 4 is 5.91 Å². The van der Waals surface area contributed by atoms with E-state index in [2.05, 4.69) is 25.8 Å². The van der Waals surface area contributed by atoms with Crippen LogP contribution in [0.1, 0.15) is 58.8 Å². The Morgan fingerprint density at radius 2 is 1.52 bits per heavy atom. The van der Waals surface area contributed by atoms with E-state index in [-0.39, 0.29) is 5.41 Å². The number of carbonyl (C=O) groups is 1. The number of amides is 1. The molecule has 0 radical (unpaired) electrons. The van der Waals surface area contributed by atoms with Crippen molar-refractivity contribution in [2.45, 2.75) is 64.8 Å². The van der Waals surface area contributed by atoms with Crippen LogP contribution in [0.4, 0.5) is 0 Å². The van der Waals surface area contributed by atoms with E-state index in [9.17, 15) is 4.79 Å². The molecule has 0 unspecified atom stereocenters. The van der Waals surface area contributed by atoms with E-state index >= 15 is 0 Å². The summed E-state index contributed by atoms with van der Waals surface area (Å²) in [7, 11) is 2.06. The van der Waals surface area contributed by atoms with E-state index in [1.54, 1.807) is 0 Å². The van der Waals surface area contributed by atoms with Crippen molar-refractivity contribution in [3.05, 3.63) is 0 Å². The lowest BCUT2D eigenvalue weighted by Crippen LogP contribution is -2.59. The van der Waals surface area contributed by atoms with Gasteiger partial charge in [-0.05, 0) is 68.6 Å². The fourth-order valence-corrected chi connectivity index (χ4v) is 5.97. The minimum atomic E-state index is -0.330. The Morgan fingerprint density at radius 1 is 1.05 bits per heavy atom. The third-order valence-corrected chi connectivity index (χ3v) is 7.14. The molecule has 2 N–H and O–H groups in total. The molecule has 4 rings (SSSR count). The highest BCUT2D eigenvalue weighted by molar-refractivity contribution is 5.83. The molecule has 3 heteroatoms. The molecular weight excluding hydrogens is 260 g/mol. The topological polar surface area (TPSA) is 46.3 Å². The minimum Gasteiger partial charge on any atom is -0.342 e. The van der Waals surface area contributed by atoms with Gasteiger partial charge >= 0.3 is 0 Å². The SMILES string of the molecule is CCC(CC)(CN)C(=O)N(C)C1C2CC3CC(C2)CC1C3. The lowest BCUT2D eigenvalue weighted by atomic mass is 9.53. The summed E-state index contributed by atoms with van der Waals surface area (Å²) in [4.78, 5) is 15.3. The van der Waals surface area contributed by atoms with Crippen molar-refractivity contribution < 1.29 is 4.79 Å². The largest absolute Gasteiger partial charge is 0.342 e. The van der Waals surface area contributed by atoms with Gasteiger partial charge in [-0.1, -0.05) is 13.8 Å². The number of hydrogen-bond acceptors (Lipinski definition) is 2. The number of carbonyl (C=O) groups excluding carboxylic acids is 1. The monoisotopic (exact) mass is 292 g/mol. The van der Waals surface area contributed by atoms with Gasteiger partial charge in [0.05, 0.1) is 5.41 Å². The van der Waals surface area contributed by atoms with Crippen LogP contribution in [-0.2, 0) is 4.79 Å². The highest BCUT2D eigenvalue weighted by atomic mass is 16.2. The zero-order chi connectivity index (χ0) is 15.2. The third-order valence-electron chi connectivity index (χ3n) is 7.14. The lowest BCUT2D eigenvalue weighted by molar-refractivity contribution is -0.152. The Bertz CT molecular complexity index is 366. The van der Waals surface area contributed by atoms with Gasteiger partial charge in [0.2, 0.25) is 5.91 Å². The first-order valence-electron chi connectivity index (χ1n) is 9.02. The van der Waals surface area contributed by atoms with Crippen molar-refractivity contribution in [3.63, 3.8) is 0 Å². The van der Waals surface area contributed by atoms with E-state index in [0.29, 0.717) is 18.5 Å². The molecule has 0 aromatic carbocycles. The molecule has 0 aromatic heterocycles. The predicted molar refractivity (Wildman–Crippen MR) is 85.7 cm³/mol. The van der Waals surface area contributed by atoms with Crippen LogP contribution in [0.5, 0.6) is 0 Å². The highest BCUT2D eigenvalue weighted by Crippen LogP contribution is 2.55. The molecule has 1 amide bonds. The Hall–Kier alpha value is -0.570. The van der Waals surface area contributed by atoms with Gasteiger partial charge in [0.15, 0.2) is 0 Å². The van der Waals surface area contributed by atoms with E-state index in [4.69, 9.17) is 5.73 Å². The molecule has 0 spiro atoms. The van der Waals surface area contributed by atoms with Crippen LogP contribution < -0.4 is 5.73 Å². The maximum Gasteiger partial charge on any atom is 0.230 e. The Morgan fingerprint density at radius 3 is 1.90 bits per heavy atom. The maximum absolute atomic E-state index is 13.1. The predicted octanol–water partition coefficient (Wildman–Crippen LogP) is 3.03. The standard InChI is InChI=1S/C18H32N2O/c1-4-18(5-2,11-19)17(21)20(3)16-14-7-12-6-13(9-14)10-15(16)8-12/h12-16H,4-11,19H2,1-3H3. The second-order valence-corrected chi connectivity index (χ2v) is 8.03. The van der Waals surface area contributed by atoms with Crippen molar-refractivity contribution in [2.24, 2.45) is 34.8 Å². The molecule has 4 bridgehead atoms. The van der Waals surface area contributed by atoms with Gasteiger partial charge in [0.25, 0.3) is 0 Å². The summed E-state index contributed by atoms with van der Waals surface area (Å²) in [5.74, 6) is 3.76. The Kier molecular flexibility index (Phi) is 4.06. The summed E-state index contributed by atoms with van der Waals surface area (Å²) >= 11 is 0. The molecule has 0 aromatic rings. The first-order valence-corrected chi connectivity index (χ1v) is 9.02. The highest BCUT2D eigenvalue weighted by Gasteiger charge is 2.51. The van der Waals surface area contributed by atoms with Crippen LogP contribution in [0.15, 0.2) is 0 Å². The van der Waals surface area contributed by atoms with Gasteiger partial charge in [0.1, 0.15) is 0 Å². The van der Waals surface area contributed by atoms with Gasteiger partial charge in [0, 0.05) is 19.6 Å². The van der Waals surface area contributed by atoms with E-state index in [0.717, 1.165) is 36.5 Å². The number of nitrogens with zero attached hydrogens (tertiary/aromatic N) is 1. The van der Waals surface area contributed by atoms with Crippen molar-refractivity contribution in [2.75, 3.05) is 13.6 Å². The average Bonchev–Trinajstić information content (AvgIpc) is 2.48. The Balaban J connectivity index is 1.79. The van der Waals surface area contributed by atoms with Crippen LogP contribution >= 0.6 is 0 Å². The van der Waals surface area contributed by atoms with Crippen molar-refractivity contribution in [1.29, 1.82) is 0 Å². The molecule has 4 aliphatic carbocycles. The number of rotatable bonds is 5. The third kappa shape index (κ3) is 2.32. The van der Waals surface area contributed by atoms with Crippen LogP contribution in [0.2, 0.25) is 0 Å². The number of nitrogens with two attached hydrogens (primary N) is 1. The second-order valence-electron chi connectivity index (χ2n) is 8.03. The van der Waals surface area contributed by atoms with E-state index < -0.39 is 0 Å². The van der Waals surface area contributed by atoms with E-state index in [1.165, 1.54) is 32.1 Å². The summed E-state index contributed by atoms with van der Waals surface area (Å²) in [5.41, 5.74) is 5.66. The molecule has 21 heavy (non-hydrogen) atoms. The summed E-state index contributed by atoms with van der Waals surface area (Å²) in [6, 6.07) is 0.495. The van der Waals surface area contributed by atoms with Crippen LogP contribution in [0.3, 0.4) is 0 Å². The zero-order valence-electron chi connectivity index (χ0n) is 14.0. The summed E-state index contributed by atoms with van der Waals surface area (Å²) in [6.07, 6.45) is 8.64. The fourth-order valence-electron chi connectivity index (χ4n) is 5.97. The maximum atomic E-state index is 13.1. The molecular formula is C18H32N2O. The molecule has 0 atom stereocenters.